The van der Waals surface area contributed by atoms with Crippen molar-refractivity contribution in [3.05, 3.63) is 28.8 Å². The molecule has 0 atom stereocenters. The summed E-state index contributed by atoms with van der Waals surface area (Å²) in [7, 11) is 1.57. The Kier molecular flexibility index (Phi) is 3.68. The molecule has 0 fully saturated rings. The van der Waals surface area contributed by atoms with Crippen LogP contribution in [0.1, 0.15) is 16.7 Å². The van der Waals surface area contributed by atoms with Crippen LogP contribution in [0.5, 0.6) is 5.75 Å². The van der Waals surface area contributed by atoms with Gasteiger partial charge in [-0.2, -0.15) is 0 Å². The van der Waals surface area contributed by atoms with Gasteiger partial charge < -0.3 is 15.6 Å². The molecule has 0 saturated carbocycles. The third-order valence-corrected chi connectivity index (χ3v) is 2.39. The molecule has 0 saturated heterocycles. The second-order valence-corrected chi connectivity index (χ2v) is 3.33. The minimum Gasteiger partial charge on any atom is -0.496 e. The number of hydrogen-bond donors (Lipinski definition) is 2. The van der Waals surface area contributed by atoms with Gasteiger partial charge in [-0.15, -0.1) is 0 Å². The summed E-state index contributed by atoms with van der Waals surface area (Å²) in [6.45, 7) is 1.72. The van der Waals surface area contributed by atoms with Crippen molar-refractivity contribution in [1.82, 2.24) is 0 Å². The maximum absolute atomic E-state index is 10.8. The van der Waals surface area contributed by atoms with Gasteiger partial charge in [-0.1, -0.05) is 6.07 Å². The van der Waals surface area contributed by atoms with Gasteiger partial charge in [-0.25, -0.2) is 0 Å². The standard InChI is InChI=1S/C11H15NO3/c1-7-9(6-13)8(5-11(12)14)3-4-10(7)15-2/h3-4,13H,5-6H2,1-2H3,(H2,12,14). The van der Waals surface area contributed by atoms with Crippen LogP contribution in [0.25, 0.3) is 0 Å². The number of primary amides is 1. The van der Waals surface area contributed by atoms with Gasteiger partial charge in [0.05, 0.1) is 20.1 Å². The fraction of sp³-hybridized carbons (Fsp3) is 0.364. The number of carbonyl (C=O) groups excluding carboxylic acids is 1. The van der Waals surface area contributed by atoms with E-state index in [1.807, 2.05) is 6.92 Å². The lowest BCUT2D eigenvalue weighted by atomic mass is 9.99. The number of benzene rings is 1. The van der Waals surface area contributed by atoms with E-state index in [1.54, 1.807) is 19.2 Å². The molecule has 0 unspecified atom stereocenters. The molecule has 0 spiro atoms. The lowest BCUT2D eigenvalue weighted by Gasteiger charge is -2.12. The third-order valence-electron chi connectivity index (χ3n) is 2.39. The third kappa shape index (κ3) is 2.47. The van der Waals surface area contributed by atoms with Crippen LogP contribution < -0.4 is 10.5 Å². The molecule has 1 aromatic rings. The predicted molar refractivity (Wildman–Crippen MR) is 56.6 cm³/mol. The molecule has 4 nitrogen and oxygen atoms in total. The molecule has 0 aliphatic heterocycles. The summed E-state index contributed by atoms with van der Waals surface area (Å²) in [5.74, 6) is 0.293. The number of aliphatic hydroxyl groups excluding tert-OH is 1. The van der Waals surface area contributed by atoms with Crippen molar-refractivity contribution in [2.75, 3.05) is 7.11 Å². The van der Waals surface area contributed by atoms with Crippen molar-refractivity contribution >= 4 is 5.91 Å². The zero-order valence-electron chi connectivity index (χ0n) is 8.91. The van der Waals surface area contributed by atoms with Crippen LogP contribution in [0.15, 0.2) is 12.1 Å². The molecule has 1 aromatic carbocycles. The maximum atomic E-state index is 10.8. The number of carbonyl (C=O) groups is 1. The Morgan fingerprint density at radius 1 is 1.53 bits per heavy atom. The van der Waals surface area contributed by atoms with Crippen molar-refractivity contribution in [2.24, 2.45) is 5.73 Å². The van der Waals surface area contributed by atoms with E-state index in [4.69, 9.17) is 10.5 Å². The average Bonchev–Trinajstić information content (AvgIpc) is 2.18. The fourth-order valence-electron chi connectivity index (χ4n) is 1.59. The topological polar surface area (TPSA) is 72.5 Å². The largest absolute Gasteiger partial charge is 0.496 e. The summed E-state index contributed by atoms with van der Waals surface area (Å²) in [5.41, 5.74) is 7.43. The molecule has 0 aliphatic carbocycles. The Balaban J connectivity index is 3.18. The number of hydrogen-bond acceptors (Lipinski definition) is 3. The maximum Gasteiger partial charge on any atom is 0.221 e. The molecule has 1 amide bonds. The van der Waals surface area contributed by atoms with E-state index < -0.39 is 5.91 Å². The summed E-state index contributed by atoms with van der Waals surface area (Å²) in [4.78, 5) is 10.8. The molecule has 0 radical (unpaired) electrons. The van der Waals surface area contributed by atoms with Crippen LogP contribution in [-0.4, -0.2) is 18.1 Å². The van der Waals surface area contributed by atoms with Crippen LogP contribution in [0.3, 0.4) is 0 Å². The first-order chi connectivity index (χ1) is 7.10. The molecule has 1 rings (SSSR count). The summed E-state index contributed by atoms with van der Waals surface area (Å²) in [5, 5.41) is 9.22. The number of aliphatic hydroxyl groups is 1. The smallest absolute Gasteiger partial charge is 0.221 e. The van der Waals surface area contributed by atoms with Gasteiger partial charge >= 0.3 is 0 Å². The number of amides is 1. The minimum absolute atomic E-state index is 0.119. The van der Waals surface area contributed by atoms with E-state index in [9.17, 15) is 9.90 Å². The van der Waals surface area contributed by atoms with Crippen LogP contribution in [0.2, 0.25) is 0 Å². The zero-order valence-corrected chi connectivity index (χ0v) is 8.91. The van der Waals surface area contributed by atoms with Crippen molar-refractivity contribution in [3.8, 4) is 5.75 Å². The normalized spacial score (nSPS) is 10.1. The van der Waals surface area contributed by atoms with E-state index in [-0.39, 0.29) is 13.0 Å². The van der Waals surface area contributed by atoms with Gasteiger partial charge in [0.2, 0.25) is 5.91 Å². The molecule has 15 heavy (non-hydrogen) atoms. The molecule has 0 aliphatic rings. The van der Waals surface area contributed by atoms with E-state index in [0.29, 0.717) is 11.3 Å². The van der Waals surface area contributed by atoms with E-state index >= 15 is 0 Å². The molecule has 0 aromatic heterocycles. The summed E-state index contributed by atoms with van der Waals surface area (Å²) >= 11 is 0. The Bertz CT molecular complexity index is 374. The molecular weight excluding hydrogens is 194 g/mol. The Morgan fingerprint density at radius 2 is 2.20 bits per heavy atom. The summed E-state index contributed by atoms with van der Waals surface area (Å²) in [6.07, 6.45) is 0.140. The number of nitrogens with two attached hydrogens (primary N) is 1. The van der Waals surface area contributed by atoms with E-state index in [0.717, 1.165) is 11.1 Å². The molecule has 4 heteroatoms. The first kappa shape index (κ1) is 11.5. The first-order valence-corrected chi connectivity index (χ1v) is 4.64. The minimum atomic E-state index is -0.408. The summed E-state index contributed by atoms with van der Waals surface area (Å²) < 4.78 is 5.12. The molecule has 0 heterocycles. The monoisotopic (exact) mass is 209 g/mol. The van der Waals surface area contributed by atoms with Gasteiger partial charge in [0, 0.05) is 0 Å². The quantitative estimate of drug-likeness (QED) is 0.759. The van der Waals surface area contributed by atoms with Crippen molar-refractivity contribution in [2.45, 2.75) is 20.0 Å². The Morgan fingerprint density at radius 3 is 2.67 bits per heavy atom. The van der Waals surface area contributed by atoms with E-state index in [1.165, 1.54) is 0 Å². The highest BCUT2D eigenvalue weighted by Gasteiger charge is 2.11. The van der Waals surface area contributed by atoms with Gasteiger partial charge in [-0.05, 0) is 29.7 Å². The average molecular weight is 209 g/mol. The number of ether oxygens (including phenoxy) is 1. The first-order valence-electron chi connectivity index (χ1n) is 4.64. The van der Waals surface area contributed by atoms with Crippen molar-refractivity contribution < 1.29 is 14.6 Å². The van der Waals surface area contributed by atoms with Gasteiger partial charge in [0.25, 0.3) is 0 Å². The van der Waals surface area contributed by atoms with Crippen LogP contribution >= 0.6 is 0 Å². The van der Waals surface area contributed by atoms with Crippen LogP contribution in [-0.2, 0) is 17.8 Å². The van der Waals surface area contributed by atoms with Crippen LogP contribution in [0.4, 0.5) is 0 Å². The SMILES string of the molecule is COc1ccc(CC(N)=O)c(CO)c1C. The Hall–Kier alpha value is -1.55. The predicted octanol–water partition coefficient (Wildman–Crippen LogP) is 0.524. The molecular formula is C11H15NO3. The lowest BCUT2D eigenvalue weighted by Crippen LogP contribution is -2.15. The van der Waals surface area contributed by atoms with Crippen LogP contribution in [0, 0.1) is 6.92 Å². The van der Waals surface area contributed by atoms with Crippen molar-refractivity contribution in [1.29, 1.82) is 0 Å². The second kappa shape index (κ2) is 4.79. The zero-order chi connectivity index (χ0) is 11.4. The molecule has 82 valence electrons. The molecule has 3 N–H and O–H groups in total. The van der Waals surface area contributed by atoms with E-state index in [2.05, 4.69) is 0 Å². The highest BCUT2D eigenvalue weighted by molar-refractivity contribution is 5.77. The van der Waals surface area contributed by atoms with Gasteiger partial charge in [0.1, 0.15) is 5.75 Å². The number of rotatable bonds is 4. The van der Waals surface area contributed by atoms with Gasteiger partial charge in [-0.3, -0.25) is 4.79 Å². The van der Waals surface area contributed by atoms with Crippen molar-refractivity contribution in [3.63, 3.8) is 0 Å². The molecule has 0 bridgehead atoms. The Labute approximate surface area is 88.7 Å². The summed E-state index contributed by atoms with van der Waals surface area (Å²) in [6, 6.07) is 3.52. The fourth-order valence-corrected chi connectivity index (χ4v) is 1.59. The van der Waals surface area contributed by atoms with Gasteiger partial charge in [0.15, 0.2) is 0 Å². The highest BCUT2D eigenvalue weighted by Crippen LogP contribution is 2.24. The lowest BCUT2D eigenvalue weighted by molar-refractivity contribution is -0.117. The number of methoxy groups -OCH3 is 1. The highest BCUT2D eigenvalue weighted by atomic mass is 16.5. The second-order valence-electron chi connectivity index (χ2n) is 3.33.